The number of non-ortho nitro benzene ring substituents is 1. The van der Waals surface area contributed by atoms with Crippen LogP contribution in [-0.2, 0) is 9.53 Å². The summed E-state index contributed by atoms with van der Waals surface area (Å²) in [6.45, 7) is 0. The number of nitro groups is 1. The van der Waals surface area contributed by atoms with E-state index in [1.54, 1.807) is 42.5 Å². The predicted molar refractivity (Wildman–Crippen MR) is 120 cm³/mol. The third kappa shape index (κ3) is 3.34. The van der Waals surface area contributed by atoms with Crippen LogP contribution in [0.3, 0.4) is 0 Å². The Bertz CT molecular complexity index is 1480. The van der Waals surface area contributed by atoms with Crippen molar-refractivity contribution in [2.45, 2.75) is 12.0 Å². The number of aliphatic hydroxyl groups excluding tert-OH is 1. The van der Waals surface area contributed by atoms with E-state index in [1.807, 2.05) is 0 Å². The van der Waals surface area contributed by atoms with E-state index in [4.69, 9.17) is 9.15 Å². The van der Waals surface area contributed by atoms with Gasteiger partial charge in [-0.15, -0.1) is 0 Å². The standard InChI is InChI=1S/C25H17NO8/c27-22-15-5-1-3-7-17(15)33-24(29)20(22)19(13-9-11-14(12-10-13)26(31)32)21-23(28)16-6-2-4-8-18(16)34-25(21)30/h1-12,15,17,19,27-28H. The Labute approximate surface area is 191 Å². The number of aliphatic hydroxyl groups is 1. The summed E-state index contributed by atoms with van der Waals surface area (Å²) in [7, 11) is 0. The molecule has 0 saturated heterocycles. The molecular formula is C25H17NO8. The Morgan fingerprint density at radius 2 is 1.68 bits per heavy atom. The number of nitro benzene ring substituents is 1. The zero-order chi connectivity index (χ0) is 24.0. The minimum absolute atomic E-state index is 0.140. The highest BCUT2D eigenvalue weighted by Gasteiger charge is 2.42. The molecule has 1 aliphatic heterocycles. The van der Waals surface area contributed by atoms with Crippen molar-refractivity contribution in [1.82, 2.24) is 0 Å². The molecule has 170 valence electrons. The van der Waals surface area contributed by atoms with Gasteiger partial charge in [-0.3, -0.25) is 10.1 Å². The molecule has 0 spiro atoms. The number of carbonyl (C=O) groups is 1. The molecule has 3 atom stereocenters. The van der Waals surface area contributed by atoms with Gasteiger partial charge in [0.15, 0.2) is 0 Å². The van der Waals surface area contributed by atoms with Crippen LogP contribution >= 0.6 is 0 Å². The highest BCUT2D eigenvalue weighted by Crippen LogP contribution is 2.43. The maximum absolute atomic E-state index is 13.1. The molecule has 5 rings (SSSR count). The molecule has 2 aliphatic rings. The van der Waals surface area contributed by atoms with E-state index in [0.29, 0.717) is 0 Å². The minimum atomic E-state index is -1.31. The van der Waals surface area contributed by atoms with E-state index < -0.39 is 40.2 Å². The fourth-order valence-corrected chi connectivity index (χ4v) is 4.35. The number of esters is 1. The smallest absolute Gasteiger partial charge is 0.344 e. The van der Waals surface area contributed by atoms with Crippen LogP contribution in [0.25, 0.3) is 11.0 Å². The number of allylic oxidation sites excluding steroid dienone is 2. The number of hydrogen-bond acceptors (Lipinski definition) is 8. The second-order valence-corrected chi connectivity index (χ2v) is 7.89. The Balaban J connectivity index is 1.79. The van der Waals surface area contributed by atoms with Crippen molar-refractivity contribution in [3.8, 4) is 5.75 Å². The molecule has 2 aromatic carbocycles. The average Bonchev–Trinajstić information content (AvgIpc) is 2.83. The highest BCUT2D eigenvalue weighted by molar-refractivity contribution is 5.94. The third-order valence-electron chi connectivity index (χ3n) is 5.97. The number of hydrogen-bond donors (Lipinski definition) is 2. The summed E-state index contributed by atoms with van der Waals surface area (Å²) in [4.78, 5) is 36.7. The summed E-state index contributed by atoms with van der Waals surface area (Å²) in [5.74, 6) is -3.63. The second-order valence-electron chi connectivity index (χ2n) is 7.89. The van der Waals surface area contributed by atoms with E-state index in [1.165, 1.54) is 30.3 Å². The number of para-hydroxylation sites is 1. The van der Waals surface area contributed by atoms with E-state index in [-0.39, 0.29) is 39.1 Å². The van der Waals surface area contributed by atoms with Crippen molar-refractivity contribution in [3.05, 3.63) is 116 Å². The molecular weight excluding hydrogens is 442 g/mol. The topological polar surface area (TPSA) is 140 Å². The van der Waals surface area contributed by atoms with Crippen molar-refractivity contribution >= 4 is 22.6 Å². The average molecular weight is 459 g/mol. The Morgan fingerprint density at radius 1 is 0.971 bits per heavy atom. The van der Waals surface area contributed by atoms with Gasteiger partial charge in [-0.25, -0.2) is 9.59 Å². The fraction of sp³-hybridized carbons (Fsp3) is 0.120. The van der Waals surface area contributed by atoms with Crippen LogP contribution in [0.4, 0.5) is 5.69 Å². The SMILES string of the molecule is O=C1OC2C=CC=CC2C(O)=C1C(c1ccc([N+](=O)[O-])cc1)c1c(O)c2ccccc2oc1=O. The second kappa shape index (κ2) is 8.04. The van der Waals surface area contributed by atoms with Gasteiger partial charge in [-0.05, 0) is 23.8 Å². The van der Waals surface area contributed by atoms with Gasteiger partial charge >= 0.3 is 11.6 Å². The lowest BCUT2D eigenvalue weighted by Crippen LogP contribution is -2.36. The van der Waals surface area contributed by atoms with Crippen molar-refractivity contribution in [2.24, 2.45) is 5.92 Å². The molecule has 34 heavy (non-hydrogen) atoms. The molecule has 3 unspecified atom stereocenters. The Kier molecular flexibility index (Phi) is 5.01. The third-order valence-corrected chi connectivity index (χ3v) is 5.97. The Hall–Kier alpha value is -4.66. The molecule has 0 saturated carbocycles. The van der Waals surface area contributed by atoms with E-state index in [9.17, 15) is 29.9 Å². The molecule has 0 amide bonds. The minimum Gasteiger partial charge on any atom is -0.511 e. The molecule has 2 heterocycles. The number of rotatable bonds is 4. The van der Waals surface area contributed by atoms with Gasteiger partial charge in [0, 0.05) is 12.1 Å². The first-order chi connectivity index (χ1) is 16.4. The summed E-state index contributed by atoms with van der Waals surface area (Å²) < 4.78 is 10.9. The van der Waals surface area contributed by atoms with Gasteiger partial charge in [0.2, 0.25) is 0 Å². The number of benzene rings is 2. The fourth-order valence-electron chi connectivity index (χ4n) is 4.35. The summed E-state index contributed by atoms with van der Waals surface area (Å²) in [5, 5.41) is 33.6. The first-order valence-corrected chi connectivity index (χ1v) is 10.3. The van der Waals surface area contributed by atoms with Crippen LogP contribution in [0.15, 0.2) is 93.4 Å². The van der Waals surface area contributed by atoms with Gasteiger partial charge in [0.1, 0.15) is 23.2 Å². The van der Waals surface area contributed by atoms with E-state index in [2.05, 4.69) is 0 Å². The zero-order valence-electron chi connectivity index (χ0n) is 17.5. The monoisotopic (exact) mass is 459 g/mol. The summed E-state index contributed by atoms with van der Waals surface area (Å²) >= 11 is 0. The van der Waals surface area contributed by atoms with Gasteiger partial charge in [0.25, 0.3) is 5.69 Å². The van der Waals surface area contributed by atoms with Gasteiger partial charge in [0.05, 0.1) is 33.3 Å². The largest absolute Gasteiger partial charge is 0.511 e. The van der Waals surface area contributed by atoms with Crippen LogP contribution in [0.5, 0.6) is 5.75 Å². The van der Waals surface area contributed by atoms with Crippen molar-refractivity contribution in [3.63, 3.8) is 0 Å². The number of aromatic hydroxyl groups is 1. The van der Waals surface area contributed by atoms with Crippen LogP contribution in [-0.4, -0.2) is 27.2 Å². The number of nitrogens with zero attached hydrogens (tertiary/aromatic N) is 1. The summed E-state index contributed by atoms with van der Waals surface area (Å²) in [5.41, 5.74) is -1.29. The lowest BCUT2D eigenvalue weighted by molar-refractivity contribution is -0.384. The molecule has 0 bridgehead atoms. The maximum atomic E-state index is 13.1. The molecule has 1 aliphatic carbocycles. The molecule has 1 aromatic heterocycles. The first-order valence-electron chi connectivity index (χ1n) is 10.3. The molecule has 9 heteroatoms. The van der Waals surface area contributed by atoms with E-state index in [0.717, 1.165) is 0 Å². The number of fused-ring (bicyclic) bond motifs is 2. The van der Waals surface area contributed by atoms with E-state index >= 15 is 0 Å². The summed E-state index contributed by atoms with van der Waals surface area (Å²) in [6, 6.07) is 11.5. The van der Waals surface area contributed by atoms with Crippen LogP contribution < -0.4 is 5.63 Å². The normalized spacial score (nSPS) is 20.2. The zero-order valence-corrected chi connectivity index (χ0v) is 17.5. The van der Waals surface area contributed by atoms with Gasteiger partial charge in [-0.2, -0.15) is 0 Å². The van der Waals surface area contributed by atoms with Crippen molar-refractivity contribution < 1.29 is 29.1 Å². The van der Waals surface area contributed by atoms with Crippen LogP contribution in [0.2, 0.25) is 0 Å². The summed E-state index contributed by atoms with van der Waals surface area (Å²) in [6.07, 6.45) is 5.93. The highest BCUT2D eigenvalue weighted by atomic mass is 16.6. The first kappa shape index (κ1) is 21.2. The Morgan fingerprint density at radius 3 is 2.41 bits per heavy atom. The molecule has 0 radical (unpaired) electrons. The molecule has 9 nitrogen and oxygen atoms in total. The number of carbonyl (C=O) groups excluding carboxylic acids is 1. The van der Waals surface area contributed by atoms with Gasteiger partial charge in [-0.1, -0.05) is 42.5 Å². The lowest BCUT2D eigenvalue weighted by atomic mass is 9.79. The molecule has 0 fully saturated rings. The maximum Gasteiger partial charge on any atom is 0.344 e. The van der Waals surface area contributed by atoms with Crippen molar-refractivity contribution in [2.75, 3.05) is 0 Å². The molecule has 3 aromatic rings. The van der Waals surface area contributed by atoms with Gasteiger partial charge < -0.3 is 19.4 Å². The quantitative estimate of drug-likeness (QED) is 0.258. The van der Waals surface area contributed by atoms with Crippen LogP contribution in [0, 0.1) is 16.0 Å². The van der Waals surface area contributed by atoms with Crippen LogP contribution in [0.1, 0.15) is 17.0 Å². The molecule has 2 N–H and O–H groups in total. The predicted octanol–water partition coefficient (Wildman–Crippen LogP) is 4.02. The number of ether oxygens (including phenoxy) is 1. The lowest BCUT2D eigenvalue weighted by Gasteiger charge is -2.33. The van der Waals surface area contributed by atoms with Crippen molar-refractivity contribution in [1.29, 1.82) is 0 Å².